The van der Waals surface area contributed by atoms with Gasteiger partial charge in [-0.05, 0) is 31.4 Å². The summed E-state index contributed by atoms with van der Waals surface area (Å²) in [5.41, 5.74) is 2.47. The predicted molar refractivity (Wildman–Crippen MR) is 57.1 cm³/mol. The normalized spacial score (nSPS) is 16.5. The van der Waals surface area contributed by atoms with Gasteiger partial charge in [-0.15, -0.1) is 0 Å². The van der Waals surface area contributed by atoms with Crippen molar-refractivity contribution in [2.24, 2.45) is 0 Å². The lowest BCUT2D eigenvalue weighted by Crippen LogP contribution is -2.14. The average molecular weight is 228 g/mol. The Hall–Kier alpha value is -0.500. The summed E-state index contributed by atoms with van der Waals surface area (Å²) < 4.78 is 1.20. The number of hydrogen-bond acceptors (Lipinski definition) is 1. The molecule has 0 fully saturated rings. The van der Waals surface area contributed by atoms with Crippen LogP contribution in [0.4, 0.5) is 0 Å². The van der Waals surface area contributed by atoms with Gasteiger partial charge in [0, 0.05) is 16.7 Å². The molecule has 66 valence electrons. The van der Waals surface area contributed by atoms with Crippen LogP contribution in [0.3, 0.4) is 0 Å². The van der Waals surface area contributed by atoms with E-state index in [0.29, 0.717) is 0 Å². The van der Waals surface area contributed by atoms with E-state index in [1.165, 1.54) is 10.1 Å². The third-order valence-electron chi connectivity index (χ3n) is 1.76. The van der Waals surface area contributed by atoms with Gasteiger partial charge >= 0.3 is 0 Å². The molecule has 1 nitrogen and oxygen atoms in total. The molecule has 0 amide bonds. The summed E-state index contributed by atoms with van der Waals surface area (Å²) in [6.45, 7) is 6.70. The fourth-order valence-electron chi connectivity index (χ4n) is 1.13. The summed E-state index contributed by atoms with van der Waals surface area (Å²) >= 11 is 3.47. The van der Waals surface area contributed by atoms with Crippen molar-refractivity contribution >= 4 is 15.9 Å². The molecule has 0 saturated carbocycles. The van der Waals surface area contributed by atoms with E-state index in [-0.39, 0.29) is 0 Å². The van der Waals surface area contributed by atoms with E-state index in [1.54, 1.807) is 0 Å². The standard InChI is InChI=1S/C10H14BrN/c1-8(2)12-7-9-4-3-5-10(11)6-9/h5-6,12H,1,3-4,7H2,2H3. The molecule has 0 spiro atoms. The Morgan fingerprint density at radius 2 is 2.50 bits per heavy atom. The van der Waals surface area contributed by atoms with Crippen molar-refractivity contribution in [1.82, 2.24) is 5.32 Å². The number of halogens is 1. The van der Waals surface area contributed by atoms with Crippen molar-refractivity contribution in [2.45, 2.75) is 19.8 Å². The van der Waals surface area contributed by atoms with E-state index in [0.717, 1.165) is 25.1 Å². The molecule has 0 saturated heterocycles. The Labute approximate surface area is 82.4 Å². The first-order valence-corrected chi connectivity index (χ1v) is 4.92. The number of allylic oxidation sites excluding steroid dienone is 4. The topological polar surface area (TPSA) is 12.0 Å². The summed E-state index contributed by atoms with van der Waals surface area (Å²) in [7, 11) is 0. The zero-order valence-corrected chi connectivity index (χ0v) is 8.95. The minimum Gasteiger partial charge on any atom is -0.385 e. The van der Waals surface area contributed by atoms with Gasteiger partial charge in [-0.2, -0.15) is 0 Å². The monoisotopic (exact) mass is 227 g/mol. The predicted octanol–water partition coefficient (Wildman–Crippen LogP) is 3.11. The summed E-state index contributed by atoms with van der Waals surface area (Å²) in [6.07, 6.45) is 6.68. The molecule has 2 heteroatoms. The fraction of sp³-hybridized carbons (Fsp3) is 0.400. The highest BCUT2D eigenvalue weighted by atomic mass is 79.9. The second kappa shape index (κ2) is 4.51. The summed E-state index contributed by atoms with van der Waals surface area (Å²) in [4.78, 5) is 0. The Kier molecular flexibility index (Phi) is 3.60. The van der Waals surface area contributed by atoms with Crippen molar-refractivity contribution in [3.05, 3.63) is 34.5 Å². The lowest BCUT2D eigenvalue weighted by atomic mass is 10.1. The van der Waals surface area contributed by atoms with Gasteiger partial charge in [-0.3, -0.25) is 0 Å². The van der Waals surface area contributed by atoms with Crippen LogP contribution in [0.2, 0.25) is 0 Å². The Bertz CT molecular complexity index is 238. The van der Waals surface area contributed by atoms with Crippen LogP contribution in [0.1, 0.15) is 19.8 Å². The molecule has 0 radical (unpaired) electrons. The van der Waals surface area contributed by atoms with Crippen molar-refractivity contribution in [3.63, 3.8) is 0 Å². The molecule has 1 N–H and O–H groups in total. The summed E-state index contributed by atoms with van der Waals surface area (Å²) in [5, 5.41) is 3.22. The maximum atomic E-state index is 3.79. The molecule has 0 aliphatic heterocycles. The van der Waals surface area contributed by atoms with Crippen molar-refractivity contribution in [2.75, 3.05) is 6.54 Å². The highest BCUT2D eigenvalue weighted by Gasteiger charge is 2.02. The Balaban J connectivity index is 2.42. The first kappa shape index (κ1) is 9.59. The first-order chi connectivity index (χ1) is 5.68. The lowest BCUT2D eigenvalue weighted by molar-refractivity contribution is 0.813. The molecular formula is C10H14BrN. The van der Waals surface area contributed by atoms with Gasteiger partial charge in [0.2, 0.25) is 0 Å². The number of hydrogen-bond donors (Lipinski definition) is 1. The van der Waals surface area contributed by atoms with E-state index >= 15 is 0 Å². The van der Waals surface area contributed by atoms with Gasteiger partial charge in [0.1, 0.15) is 0 Å². The molecule has 1 rings (SSSR count). The number of rotatable bonds is 3. The zero-order valence-electron chi connectivity index (χ0n) is 7.36. The maximum absolute atomic E-state index is 3.79. The Morgan fingerprint density at radius 3 is 3.08 bits per heavy atom. The molecule has 0 atom stereocenters. The molecule has 0 bridgehead atoms. The largest absolute Gasteiger partial charge is 0.385 e. The third kappa shape index (κ3) is 3.26. The maximum Gasteiger partial charge on any atom is 0.0360 e. The van der Waals surface area contributed by atoms with E-state index in [1.807, 2.05) is 6.92 Å². The van der Waals surface area contributed by atoms with Crippen LogP contribution in [-0.2, 0) is 0 Å². The molecular weight excluding hydrogens is 214 g/mol. The number of nitrogens with one attached hydrogen (secondary N) is 1. The fourth-order valence-corrected chi connectivity index (χ4v) is 1.68. The average Bonchev–Trinajstić information content (AvgIpc) is 2.01. The first-order valence-electron chi connectivity index (χ1n) is 4.13. The summed E-state index contributed by atoms with van der Waals surface area (Å²) in [6, 6.07) is 0. The second-order valence-electron chi connectivity index (χ2n) is 3.06. The Morgan fingerprint density at radius 1 is 1.75 bits per heavy atom. The van der Waals surface area contributed by atoms with Crippen molar-refractivity contribution in [3.8, 4) is 0 Å². The molecule has 1 aliphatic rings. The lowest BCUT2D eigenvalue weighted by Gasteiger charge is -2.12. The quantitative estimate of drug-likeness (QED) is 0.782. The van der Waals surface area contributed by atoms with Gasteiger partial charge in [-0.1, -0.05) is 28.6 Å². The van der Waals surface area contributed by atoms with Crippen molar-refractivity contribution < 1.29 is 0 Å². The van der Waals surface area contributed by atoms with Crippen LogP contribution in [0.5, 0.6) is 0 Å². The minimum atomic E-state index is 0.929. The highest BCUT2D eigenvalue weighted by Crippen LogP contribution is 2.20. The molecule has 0 aromatic heterocycles. The second-order valence-corrected chi connectivity index (χ2v) is 3.98. The van der Waals surface area contributed by atoms with E-state index in [2.05, 4.69) is 40.0 Å². The SMILES string of the molecule is C=C(C)NCC1=CC(Br)=CCC1. The van der Waals surface area contributed by atoms with E-state index < -0.39 is 0 Å². The smallest absolute Gasteiger partial charge is 0.0360 e. The molecule has 0 aromatic carbocycles. The third-order valence-corrected chi connectivity index (χ3v) is 2.32. The molecule has 0 aromatic rings. The summed E-state index contributed by atoms with van der Waals surface area (Å²) in [5.74, 6) is 0. The van der Waals surface area contributed by atoms with Gasteiger partial charge in [-0.25, -0.2) is 0 Å². The van der Waals surface area contributed by atoms with Crippen LogP contribution in [-0.4, -0.2) is 6.54 Å². The van der Waals surface area contributed by atoms with Crippen LogP contribution >= 0.6 is 15.9 Å². The van der Waals surface area contributed by atoms with Crippen LogP contribution in [0, 0.1) is 0 Å². The van der Waals surface area contributed by atoms with Gasteiger partial charge in [0.05, 0.1) is 0 Å². The van der Waals surface area contributed by atoms with E-state index in [4.69, 9.17) is 0 Å². The van der Waals surface area contributed by atoms with Crippen LogP contribution < -0.4 is 5.32 Å². The van der Waals surface area contributed by atoms with Gasteiger partial charge in [0.15, 0.2) is 0 Å². The molecule has 1 aliphatic carbocycles. The van der Waals surface area contributed by atoms with Gasteiger partial charge < -0.3 is 5.32 Å². The molecule has 0 unspecified atom stereocenters. The van der Waals surface area contributed by atoms with Crippen LogP contribution in [0.15, 0.2) is 34.5 Å². The minimum absolute atomic E-state index is 0.929. The zero-order chi connectivity index (χ0) is 8.97. The van der Waals surface area contributed by atoms with E-state index in [9.17, 15) is 0 Å². The molecule has 0 heterocycles. The van der Waals surface area contributed by atoms with Gasteiger partial charge in [0.25, 0.3) is 0 Å². The molecule has 12 heavy (non-hydrogen) atoms. The van der Waals surface area contributed by atoms with Crippen molar-refractivity contribution in [1.29, 1.82) is 0 Å². The van der Waals surface area contributed by atoms with Crippen LogP contribution in [0.25, 0.3) is 0 Å². The highest BCUT2D eigenvalue weighted by molar-refractivity contribution is 9.11.